The van der Waals surface area contributed by atoms with Crippen LogP contribution >= 0.6 is 0 Å². The standard InChI is InChI=1S/C24H20N2O2S/c1-15-10-12-16(13-11-15)29(27,28)26-25-14-24-21-17-6-2-4-8-19(17)22(24)23(24)20-9-5-3-7-18(20)21/h2-14,21-23,26H,1H3/b25-14+/t21?,22-,23+,24?/i14D. The summed E-state index contributed by atoms with van der Waals surface area (Å²) in [6.07, 6.45) is 0.116. The Morgan fingerprint density at radius 1 is 0.897 bits per heavy atom. The lowest BCUT2D eigenvalue weighted by atomic mass is 9.86. The Bertz CT molecular complexity index is 1280. The quantitative estimate of drug-likeness (QED) is 0.524. The van der Waals surface area contributed by atoms with Gasteiger partial charge in [0.05, 0.1) is 6.27 Å². The van der Waals surface area contributed by atoms with Crippen LogP contribution in [0.5, 0.6) is 0 Å². The van der Waals surface area contributed by atoms with Crippen molar-refractivity contribution in [3.8, 4) is 0 Å². The van der Waals surface area contributed by atoms with E-state index in [0.29, 0.717) is 0 Å². The van der Waals surface area contributed by atoms with Gasteiger partial charge in [-0.05, 0) is 41.3 Å². The molecular formula is C24H20N2O2S. The Morgan fingerprint density at radius 2 is 1.41 bits per heavy atom. The summed E-state index contributed by atoms with van der Waals surface area (Å²) in [5.41, 5.74) is 5.52. The summed E-state index contributed by atoms with van der Waals surface area (Å²) in [6, 6.07) is 23.3. The van der Waals surface area contributed by atoms with Crippen molar-refractivity contribution in [2.24, 2.45) is 10.5 Å². The molecule has 1 N–H and O–H groups in total. The second-order valence-corrected chi connectivity index (χ2v) is 9.87. The molecule has 0 bridgehead atoms. The van der Waals surface area contributed by atoms with E-state index in [2.05, 4.69) is 34.2 Å². The van der Waals surface area contributed by atoms with E-state index in [1.165, 1.54) is 22.3 Å². The molecule has 0 radical (unpaired) electrons. The summed E-state index contributed by atoms with van der Waals surface area (Å²) in [6.45, 7) is 1.90. The highest BCUT2D eigenvalue weighted by molar-refractivity contribution is 7.89. The third-order valence-corrected chi connectivity index (χ3v) is 7.99. The summed E-state index contributed by atoms with van der Waals surface area (Å²) in [5, 5.41) is 4.14. The SMILES string of the molecule is [2H]/C(=N\NS(=O)(=O)c1ccc(C)cc1)C12C3c4ccccc4[C@@H]1[C@@H]2c1ccccc13. The van der Waals surface area contributed by atoms with E-state index in [0.717, 1.165) is 5.56 Å². The minimum atomic E-state index is -3.82. The molecule has 3 aliphatic carbocycles. The Morgan fingerprint density at radius 3 is 1.97 bits per heavy atom. The third kappa shape index (κ3) is 2.14. The number of nitrogens with one attached hydrogen (secondary N) is 1. The van der Waals surface area contributed by atoms with Gasteiger partial charge in [0, 0.05) is 29.4 Å². The lowest BCUT2D eigenvalue weighted by Crippen LogP contribution is -2.21. The first kappa shape index (κ1) is 15.9. The Hall–Kier alpha value is -2.92. The van der Waals surface area contributed by atoms with Crippen molar-refractivity contribution in [3.05, 3.63) is 101 Å². The van der Waals surface area contributed by atoms with Gasteiger partial charge in [-0.2, -0.15) is 13.5 Å². The number of fused-ring (bicyclic) bond motifs is 7. The highest BCUT2D eigenvalue weighted by atomic mass is 32.2. The maximum atomic E-state index is 12.7. The summed E-state index contributed by atoms with van der Waals surface area (Å²) in [4.78, 5) is 2.47. The number of aryl methyl sites for hydroxylation is 1. The number of nitrogens with zero attached hydrogens (tertiary/aromatic N) is 1. The van der Waals surface area contributed by atoms with E-state index in [1.54, 1.807) is 24.3 Å². The van der Waals surface area contributed by atoms with Gasteiger partial charge in [-0.25, -0.2) is 4.83 Å². The lowest BCUT2D eigenvalue weighted by Gasteiger charge is -2.17. The minimum Gasteiger partial charge on any atom is -0.200 e. The molecule has 1 saturated carbocycles. The molecule has 5 heteroatoms. The molecule has 4 nitrogen and oxygen atoms in total. The minimum absolute atomic E-state index is 0.0556. The average molecular weight is 402 g/mol. The highest BCUT2D eigenvalue weighted by Crippen LogP contribution is 2.85. The maximum Gasteiger partial charge on any atom is 0.276 e. The first-order chi connectivity index (χ1) is 14.5. The fourth-order valence-corrected chi connectivity index (χ4v) is 6.36. The summed E-state index contributed by atoms with van der Waals surface area (Å²) >= 11 is 0. The zero-order valence-corrected chi connectivity index (χ0v) is 16.6. The second-order valence-electron chi connectivity index (χ2n) is 8.21. The van der Waals surface area contributed by atoms with Crippen molar-refractivity contribution < 1.29 is 9.79 Å². The van der Waals surface area contributed by atoms with Crippen molar-refractivity contribution in [2.75, 3.05) is 0 Å². The molecule has 144 valence electrons. The average Bonchev–Trinajstić information content (AvgIpc) is 3.26. The molecule has 3 aromatic carbocycles. The van der Waals surface area contributed by atoms with E-state index in [1.807, 2.05) is 31.2 Å². The summed E-state index contributed by atoms with van der Waals surface area (Å²) < 4.78 is 34.2. The Kier molecular flexibility index (Phi) is 3.06. The number of rotatable bonds is 4. The maximum absolute atomic E-state index is 12.7. The number of benzene rings is 3. The van der Waals surface area contributed by atoms with Crippen molar-refractivity contribution in [2.45, 2.75) is 29.6 Å². The van der Waals surface area contributed by atoms with Crippen LogP contribution in [0, 0.1) is 12.3 Å². The summed E-state index contributed by atoms with van der Waals surface area (Å²) in [7, 11) is -3.82. The smallest absolute Gasteiger partial charge is 0.200 e. The second kappa shape index (κ2) is 5.57. The molecule has 0 aliphatic heterocycles. The van der Waals surface area contributed by atoms with Crippen LogP contribution < -0.4 is 4.83 Å². The largest absolute Gasteiger partial charge is 0.276 e. The van der Waals surface area contributed by atoms with Gasteiger partial charge >= 0.3 is 0 Å². The molecule has 4 atom stereocenters. The van der Waals surface area contributed by atoms with Crippen LogP contribution in [-0.4, -0.2) is 14.6 Å². The predicted octanol–water partition coefficient (Wildman–Crippen LogP) is 4.29. The van der Waals surface area contributed by atoms with E-state index >= 15 is 0 Å². The van der Waals surface area contributed by atoms with Gasteiger partial charge in [-0.1, -0.05) is 66.2 Å². The fourth-order valence-electron chi connectivity index (χ4n) is 5.59. The molecule has 0 amide bonds. The third-order valence-electron chi connectivity index (χ3n) is 6.76. The van der Waals surface area contributed by atoms with Crippen molar-refractivity contribution >= 4 is 16.2 Å². The Balaban J connectivity index is 1.41. The molecule has 6 rings (SSSR count). The number of hydrogen-bond donors (Lipinski definition) is 1. The van der Waals surface area contributed by atoms with Crippen molar-refractivity contribution in [3.63, 3.8) is 0 Å². The van der Waals surface area contributed by atoms with Crippen LogP contribution in [0.2, 0.25) is 0 Å². The van der Waals surface area contributed by atoms with Gasteiger partial charge in [0.25, 0.3) is 10.0 Å². The van der Waals surface area contributed by atoms with Gasteiger partial charge < -0.3 is 0 Å². The van der Waals surface area contributed by atoms with Crippen molar-refractivity contribution in [1.29, 1.82) is 0 Å². The van der Waals surface area contributed by atoms with Gasteiger partial charge in [0.2, 0.25) is 0 Å². The van der Waals surface area contributed by atoms with E-state index < -0.39 is 15.4 Å². The van der Waals surface area contributed by atoms with Crippen molar-refractivity contribution in [1.82, 2.24) is 4.83 Å². The molecule has 1 fully saturated rings. The molecule has 0 spiro atoms. The number of sulfonamides is 1. The van der Waals surface area contributed by atoms with Crippen LogP contribution in [-0.2, 0) is 10.0 Å². The molecule has 0 saturated heterocycles. The monoisotopic (exact) mass is 401 g/mol. The van der Waals surface area contributed by atoms with Crippen LogP contribution in [0.15, 0.2) is 82.8 Å². The number of hydrogen-bond acceptors (Lipinski definition) is 3. The molecule has 29 heavy (non-hydrogen) atoms. The van der Waals surface area contributed by atoms with E-state index in [-0.39, 0.29) is 28.8 Å². The molecule has 3 aromatic rings. The van der Waals surface area contributed by atoms with E-state index in [9.17, 15) is 8.42 Å². The van der Waals surface area contributed by atoms with Gasteiger partial charge in [0.1, 0.15) is 0 Å². The van der Waals surface area contributed by atoms with Crippen LogP contribution in [0.25, 0.3) is 0 Å². The fraction of sp³-hybridized carbons (Fsp3) is 0.208. The number of hydrazone groups is 1. The topological polar surface area (TPSA) is 58.5 Å². The molecule has 3 aliphatic rings. The highest BCUT2D eigenvalue weighted by Gasteiger charge is 2.77. The molecule has 0 heterocycles. The van der Waals surface area contributed by atoms with E-state index in [4.69, 9.17) is 1.37 Å². The molecule has 0 aromatic heterocycles. The van der Waals surface area contributed by atoms with Gasteiger partial charge in [0.15, 0.2) is 0 Å². The Labute approximate surface area is 171 Å². The first-order valence-electron chi connectivity index (χ1n) is 10.3. The van der Waals surface area contributed by atoms with Crippen LogP contribution in [0.4, 0.5) is 0 Å². The zero-order chi connectivity index (χ0) is 20.7. The normalized spacial score (nSPS) is 28.9. The molecular weight excluding hydrogens is 380 g/mol. The lowest BCUT2D eigenvalue weighted by molar-refractivity contribution is 0.582. The van der Waals surface area contributed by atoms with Gasteiger partial charge in [-0.3, -0.25) is 0 Å². The van der Waals surface area contributed by atoms with Gasteiger partial charge in [-0.15, -0.1) is 0 Å². The predicted molar refractivity (Wildman–Crippen MR) is 113 cm³/mol. The van der Waals surface area contributed by atoms with Crippen LogP contribution in [0.3, 0.4) is 0 Å². The zero-order valence-electron chi connectivity index (χ0n) is 16.8. The first-order valence-corrected chi connectivity index (χ1v) is 11.3. The summed E-state index contributed by atoms with van der Waals surface area (Å²) in [5.74, 6) is 0.433. The molecule has 2 unspecified atom stereocenters. The van der Waals surface area contributed by atoms with Crippen LogP contribution in [0.1, 0.15) is 46.9 Å².